The van der Waals surface area contributed by atoms with Crippen molar-refractivity contribution in [2.45, 2.75) is 18.9 Å². The lowest BCUT2D eigenvalue weighted by Gasteiger charge is -2.11. The average Bonchev–Trinajstić information content (AvgIpc) is 2.56. The molecular weight excluding hydrogens is 188 g/mol. The fourth-order valence-electron chi connectivity index (χ4n) is 1.68. The van der Waals surface area contributed by atoms with E-state index in [2.05, 4.69) is 10.3 Å². The molecule has 3 nitrogen and oxygen atoms in total. The molecule has 0 bridgehead atoms. The predicted octanol–water partition coefficient (Wildman–Crippen LogP) is 1.45. The minimum Gasteiger partial charge on any atom is -0.313 e. The lowest BCUT2D eigenvalue weighted by Crippen LogP contribution is -2.15. The van der Waals surface area contributed by atoms with Crippen molar-refractivity contribution in [1.82, 2.24) is 10.3 Å². The fourth-order valence-corrected chi connectivity index (χ4v) is 1.97. The van der Waals surface area contributed by atoms with Crippen molar-refractivity contribution < 1.29 is 0 Å². The number of aromatic amines is 1. The van der Waals surface area contributed by atoms with Crippen LogP contribution in [0.3, 0.4) is 0 Å². The highest BCUT2D eigenvalue weighted by Gasteiger charge is 2.18. The first-order valence-electron chi connectivity index (χ1n) is 4.39. The third-order valence-electron chi connectivity index (χ3n) is 2.34. The van der Waals surface area contributed by atoms with Crippen molar-refractivity contribution in [3.8, 4) is 0 Å². The highest BCUT2D eigenvalue weighted by Crippen LogP contribution is 2.26. The number of rotatable bonds is 1. The molecule has 0 aromatic carbocycles. The summed E-state index contributed by atoms with van der Waals surface area (Å²) in [5.74, 6) is 0. The standard InChI is InChI=1S/C9H11ClN2O/c10-9-6(3-4-8(13)12-9)7-2-1-5-11-7/h3-4,7,11H,1-2,5H2,(H,12,13)/t7-/m0/s1. The Labute approximate surface area is 81.1 Å². The largest absolute Gasteiger partial charge is 0.313 e. The first kappa shape index (κ1) is 8.78. The van der Waals surface area contributed by atoms with Gasteiger partial charge >= 0.3 is 0 Å². The Hall–Kier alpha value is -0.800. The molecule has 2 heterocycles. The SMILES string of the molecule is O=c1ccc([C@@H]2CCCN2)c(Cl)[nH]1. The van der Waals surface area contributed by atoms with Gasteiger partial charge in [0.1, 0.15) is 5.15 Å². The highest BCUT2D eigenvalue weighted by molar-refractivity contribution is 6.30. The number of hydrogen-bond donors (Lipinski definition) is 2. The molecule has 2 rings (SSSR count). The van der Waals surface area contributed by atoms with Crippen LogP contribution in [0.25, 0.3) is 0 Å². The Morgan fingerprint density at radius 2 is 2.31 bits per heavy atom. The van der Waals surface area contributed by atoms with E-state index in [1.54, 1.807) is 6.07 Å². The summed E-state index contributed by atoms with van der Waals surface area (Å²) in [7, 11) is 0. The van der Waals surface area contributed by atoms with Gasteiger partial charge in [-0.3, -0.25) is 4.79 Å². The van der Waals surface area contributed by atoms with Crippen LogP contribution in [-0.2, 0) is 0 Å². The minimum atomic E-state index is -0.147. The van der Waals surface area contributed by atoms with Crippen LogP contribution in [0.2, 0.25) is 5.15 Å². The summed E-state index contributed by atoms with van der Waals surface area (Å²) in [6.07, 6.45) is 2.26. The van der Waals surface area contributed by atoms with E-state index in [9.17, 15) is 4.79 Å². The van der Waals surface area contributed by atoms with Gasteiger partial charge in [0.05, 0.1) is 0 Å². The molecule has 0 unspecified atom stereocenters. The molecule has 1 aliphatic heterocycles. The molecule has 2 N–H and O–H groups in total. The summed E-state index contributed by atoms with van der Waals surface area (Å²) in [6.45, 7) is 1.03. The molecule has 1 fully saturated rings. The Bertz CT molecular complexity index is 355. The molecule has 1 atom stereocenters. The van der Waals surface area contributed by atoms with Crippen molar-refractivity contribution in [3.05, 3.63) is 33.2 Å². The number of nitrogens with one attached hydrogen (secondary N) is 2. The zero-order valence-corrected chi connectivity index (χ0v) is 7.90. The van der Waals surface area contributed by atoms with Crippen LogP contribution in [0, 0.1) is 0 Å². The molecule has 4 heteroatoms. The third-order valence-corrected chi connectivity index (χ3v) is 2.65. The normalized spacial score (nSPS) is 22.1. The lowest BCUT2D eigenvalue weighted by molar-refractivity contribution is 0.645. The third kappa shape index (κ3) is 1.76. The van der Waals surface area contributed by atoms with Gasteiger partial charge in [-0.15, -0.1) is 0 Å². The lowest BCUT2D eigenvalue weighted by atomic mass is 10.1. The van der Waals surface area contributed by atoms with Gasteiger partial charge in [-0.1, -0.05) is 11.6 Å². The van der Waals surface area contributed by atoms with E-state index in [1.165, 1.54) is 12.5 Å². The maximum Gasteiger partial charge on any atom is 0.249 e. The van der Waals surface area contributed by atoms with Gasteiger partial charge in [0.2, 0.25) is 5.56 Å². The van der Waals surface area contributed by atoms with Gasteiger partial charge in [0.15, 0.2) is 0 Å². The molecule has 70 valence electrons. The van der Waals surface area contributed by atoms with Gasteiger partial charge in [-0.2, -0.15) is 0 Å². The van der Waals surface area contributed by atoms with Crippen LogP contribution in [0.4, 0.5) is 0 Å². The number of aromatic nitrogens is 1. The summed E-state index contributed by atoms with van der Waals surface area (Å²) in [5.41, 5.74) is 0.852. The van der Waals surface area contributed by atoms with E-state index in [4.69, 9.17) is 11.6 Å². The molecule has 1 aromatic rings. The Morgan fingerprint density at radius 3 is 2.92 bits per heavy atom. The van der Waals surface area contributed by atoms with Gasteiger partial charge in [0.25, 0.3) is 0 Å². The second-order valence-electron chi connectivity index (χ2n) is 3.24. The van der Waals surface area contributed by atoms with Crippen LogP contribution in [0.1, 0.15) is 24.4 Å². The van der Waals surface area contributed by atoms with Crippen molar-refractivity contribution >= 4 is 11.6 Å². The van der Waals surface area contributed by atoms with E-state index < -0.39 is 0 Å². The van der Waals surface area contributed by atoms with Crippen LogP contribution < -0.4 is 10.9 Å². The number of H-pyrrole nitrogens is 1. The second-order valence-corrected chi connectivity index (χ2v) is 3.62. The molecule has 0 saturated carbocycles. The summed E-state index contributed by atoms with van der Waals surface area (Å²) >= 11 is 5.91. The molecule has 1 aromatic heterocycles. The van der Waals surface area contributed by atoms with Crippen LogP contribution in [0.5, 0.6) is 0 Å². The maximum atomic E-state index is 10.9. The van der Waals surface area contributed by atoms with E-state index in [1.807, 2.05) is 0 Å². The van der Waals surface area contributed by atoms with Crippen molar-refractivity contribution in [2.24, 2.45) is 0 Å². The Morgan fingerprint density at radius 1 is 1.46 bits per heavy atom. The molecular formula is C9H11ClN2O. The quantitative estimate of drug-likeness (QED) is 0.671. The van der Waals surface area contributed by atoms with E-state index >= 15 is 0 Å². The molecule has 1 aliphatic rings. The van der Waals surface area contributed by atoms with Gasteiger partial charge in [-0.25, -0.2) is 0 Å². The van der Waals surface area contributed by atoms with Gasteiger partial charge in [-0.05, 0) is 25.5 Å². The smallest absolute Gasteiger partial charge is 0.249 e. The second kappa shape index (κ2) is 3.52. The summed E-state index contributed by atoms with van der Waals surface area (Å²) in [6, 6.07) is 3.62. The van der Waals surface area contributed by atoms with E-state index in [0.717, 1.165) is 18.5 Å². The average molecular weight is 199 g/mol. The number of hydrogen-bond acceptors (Lipinski definition) is 2. The van der Waals surface area contributed by atoms with Crippen molar-refractivity contribution in [2.75, 3.05) is 6.54 Å². The predicted molar refractivity (Wildman–Crippen MR) is 52.1 cm³/mol. The van der Waals surface area contributed by atoms with Gasteiger partial charge < -0.3 is 10.3 Å². The summed E-state index contributed by atoms with van der Waals surface area (Å²) in [5, 5.41) is 3.79. The summed E-state index contributed by atoms with van der Waals surface area (Å²) in [4.78, 5) is 13.5. The maximum absolute atomic E-state index is 10.9. The summed E-state index contributed by atoms with van der Waals surface area (Å²) < 4.78 is 0. The van der Waals surface area contributed by atoms with Crippen LogP contribution in [-0.4, -0.2) is 11.5 Å². The number of halogens is 1. The van der Waals surface area contributed by atoms with Crippen LogP contribution in [0.15, 0.2) is 16.9 Å². The van der Waals surface area contributed by atoms with Gasteiger partial charge in [0, 0.05) is 17.7 Å². The first-order chi connectivity index (χ1) is 6.27. The topological polar surface area (TPSA) is 44.9 Å². The van der Waals surface area contributed by atoms with E-state index in [0.29, 0.717) is 11.2 Å². The van der Waals surface area contributed by atoms with Crippen LogP contribution >= 0.6 is 11.6 Å². The molecule has 0 amide bonds. The molecule has 0 radical (unpaired) electrons. The first-order valence-corrected chi connectivity index (χ1v) is 4.77. The highest BCUT2D eigenvalue weighted by atomic mass is 35.5. The molecule has 0 spiro atoms. The number of pyridine rings is 1. The zero-order chi connectivity index (χ0) is 9.26. The Balaban J connectivity index is 2.34. The van der Waals surface area contributed by atoms with Crippen molar-refractivity contribution in [3.63, 3.8) is 0 Å². The van der Waals surface area contributed by atoms with Crippen molar-refractivity contribution in [1.29, 1.82) is 0 Å². The minimum absolute atomic E-state index is 0.147. The monoisotopic (exact) mass is 198 g/mol. The molecule has 1 saturated heterocycles. The Kier molecular flexibility index (Phi) is 2.38. The molecule has 13 heavy (non-hydrogen) atoms. The zero-order valence-electron chi connectivity index (χ0n) is 7.14. The molecule has 0 aliphatic carbocycles. The van der Waals surface area contributed by atoms with E-state index in [-0.39, 0.29) is 5.56 Å². The fraction of sp³-hybridized carbons (Fsp3) is 0.444.